The van der Waals surface area contributed by atoms with E-state index in [0.29, 0.717) is 12.2 Å². The summed E-state index contributed by atoms with van der Waals surface area (Å²) in [5.41, 5.74) is 2.96. The summed E-state index contributed by atoms with van der Waals surface area (Å²) in [5, 5.41) is 8.80. The molecule has 0 saturated heterocycles. The predicted octanol–water partition coefficient (Wildman–Crippen LogP) is 2.84. The largest absolute Gasteiger partial charge is 0.496 e. The highest BCUT2D eigenvalue weighted by atomic mass is 16.5. The van der Waals surface area contributed by atoms with Gasteiger partial charge in [0.05, 0.1) is 7.11 Å². The first-order chi connectivity index (χ1) is 10.5. The van der Waals surface area contributed by atoms with Gasteiger partial charge in [-0.05, 0) is 41.3 Å². The molecule has 2 rings (SSSR count). The van der Waals surface area contributed by atoms with E-state index in [4.69, 9.17) is 9.84 Å². The molecule has 0 aliphatic carbocycles. The maximum absolute atomic E-state index is 10.7. The van der Waals surface area contributed by atoms with Gasteiger partial charge in [-0.15, -0.1) is 0 Å². The molecule has 0 bridgehead atoms. The van der Waals surface area contributed by atoms with Gasteiger partial charge in [0.15, 0.2) is 0 Å². The number of benzene rings is 1. The zero-order valence-electron chi connectivity index (χ0n) is 13.0. The second-order valence-corrected chi connectivity index (χ2v) is 5.22. The van der Waals surface area contributed by atoms with Crippen LogP contribution in [0, 0.1) is 0 Å². The summed E-state index contributed by atoms with van der Waals surface area (Å²) in [5.74, 6) is 0.782. The SMILES string of the molecule is COc1cc(-c2ccnc(N(C)C)c2)ccc1CCC(=O)O. The lowest BCUT2D eigenvalue weighted by molar-refractivity contribution is -0.136. The number of aromatic nitrogens is 1. The van der Waals surface area contributed by atoms with Crippen LogP contribution in [0.15, 0.2) is 36.5 Å². The number of aryl methyl sites for hydroxylation is 1. The lowest BCUT2D eigenvalue weighted by Crippen LogP contribution is -2.10. The molecule has 116 valence electrons. The number of pyridine rings is 1. The molecule has 22 heavy (non-hydrogen) atoms. The zero-order chi connectivity index (χ0) is 16.1. The number of carbonyl (C=O) groups is 1. The number of hydrogen-bond donors (Lipinski definition) is 1. The summed E-state index contributed by atoms with van der Waals surface area (Å²) in [4.78, 5) is 17.0. The molecule has 0 atom stereocenters. The molecule has 0 spiro atoms. The molecule has 0 radical (unpaired) electrons. The second kappa shape index (κ2) is 6.93. The van der Waals surface area contributed by atoms with Crippen LogP contribution in [0.2, 0.25) is 0 Å². The van der Waals surface area contributed by atoms with Crippen LogP contribution in [0.3, 0.4) is 0 Å². The highest BCUT2D eigenvalue weighted by molar-refractivity contribution is 5.70. The van der Waals surface area contributed by atoms with Crippen molar-refractivity contribution in [3.05, 3.63) is 42.1 Å². The van der Waals surface area contributed by atoms with Crippen molar-refractivity contribution in [2.45, 2.75) is 12.8 Å². The molecule has 0 aliphatic heterocycles. The van der Waals surface area contributed by atoms with Crippen LogP contribution in [0.1, 0.15) is 12.0 Å². The molecule has 0 aliphatic rings. The minimum atomic E-state index is -0.809. The van der Waals surface area contributed by atoms with Gasteiger partial charge in [0.1, 0.15) is 11.6 Å². The summed E-state index contributed by atoms with van der Waals surface area (Å²) in [6.07, 6.45) is 2.32. The van der Waals surface area contributed by atoms with Crippen molar-refractivity contribution in [3.63, 3.8) is 0 Å². The summed E-state index contributed by atoms with van der Waals surface area (Å²) >= 11 is 0. The minimum absolute atomic E-state index is 0.0930. The van der Waals surface area contributed by atoms with Crippen LogP contribution in [0.4, 0.5) is 5.82 Å². The smallest absolute Gasteiger partial charge is 0.303 e. The second-order valence-electron chi connectivity index (χ2n) is 5.22. The number of aliphatic carboxylic acids is 1. The molecular formula is C17H20N2O3. The fourth-order valence-corrected chi connectivity index (χ4v) is 2.21. The molecule has 1 N–H and O–H groups in total. The van der Waals surface area contributed by atoms with Crippen LogP contribution in [0.25, 0.3) is 11.1 Å². The van der Waals surface area contributed by atoms with E-state index >= 15 is 0 Å². The fraction of sp³-hybridized carbons (Fsp3) is 0.294. The van der Waals surface area contributed by atoms with Gasteiger partial charge in [0, 0.05) is 26.7 Å². The minimum Gasteiger partial charge on any atom is -0.496 e. The Balaban J connectivity index is 2.32. The van der Waals surface area contributed by atoms with Gasteiger partial charge in [-0.3, -0.25) is 4.79 Å². The molecule has 1 aromatic carbocycles. The van der Waals surface area contributed by atoms with Gasteiger partial charge in [0.25, 0.3) is 0 Å². The van der Waals surface area contributed by atoms with E-state index in [2.05, 4.69) is 4.98 Å². The highest BCUT2D eigenvalue weighted by Gasteiger charge is 2.09. The van der Waals surface area contributed by atoms with Crippen LogP contribution >= 0.6 is 0 Å². The lowest BCUT2D eigenvalue weighted by atomic mass is 10.0. The Morgan fingerprint density at radius 2 is 1.95 bits per heavy atom. The van der Waals surface area contributed by atoms with Crippen LogP contribution in [-0.2, 0) is 11.2 Å². The number of anilines is 1. The summed E-state index contributed by atoms with van der Waals surface area (Å²) in [6.45, 7) is 0. The highest BCUT2D eigenvalue weighted by Crippen LogP contribution is 2.29. The number of nitrogens with zero attached hydrogens (tertiary/aromatic N) is 2. The van der Waals surface area contributed by atoms with E-state index in [0.717, 1.165) is 22.5 Å². The molecule has 0 fully saturated rings. The Hall–Kier alpha value is -2.56. The Bertz CT molecular complexity index is 669. The molecule has 1 aromatic heterocycles. The summed E-state index contributed by atoms with van der Waals surface area (Å²) in [6, 6.07) is 9.79. The first-order valence-corrected chi connectivity index (χ1v) is 7.03. The third-order valence-electron chi connectivity index (χ3n) is 3.43. The standard InChI is InChI=1S/C17H20N2O3/c1-19(2)16-11-14(8-9-18-16)13-5-4-12(6-7-17(20)21)15(10-13)22-3/h4-5,8-11H,6-7H2,1-3H3,(H,20,21). The Labute approximate surface area is 130 Å². The topological polar surface area (TPSA) is 62.7 Å². The first kappa shape index (κ1) is 15.8. The zero-order valence-corrected chi connectivity index (χ0v) is 13.0. The molecule has 0 unspecified atom stereocenters. The van der Waals surface area contributed by atoms with E-state index in [1.165, 1.54) is 0 Å². The van der Waals surface area contributed by atoms with E-state index in [1.807, 2.05) is 49.3 Å². The van der Waals surface area contributed by atoms with Gasteiger partial charge in [-0.25, -0.2) is 4.98 Å². The molecule has 1 heterocycles. The van der Waals surface area contributed by atoms with E-state index < -0.39 is 5.97 Å². The van der Waals surface area contributed by atoms with Crippen LogP contribution < -0.4 is 9.64 Å². The van der Waals surface area contributed by atoms with Crippen LogP contribution in [-0.4, -0.2) is 37.3 Å². The fourth-order valence-electron chi connectivity index (χ4n) is 2.21. The molecule has 5 nitrogen and oxygen atoms in total. The van der Waals surface area contributed by atoms with Gasteiger partial charge in [0.2, 0.25) is 0 Å². The lowest BCUT2D eigenvalue weighted by Gasteiger charge is -2.14. The summed E-state index contributed by atoms with van der Waals surface area (Å²) in [7, 11) is 5.49. The molecule has 5 heteroatoms. The molecule has 2 aromatic rings. The average Bonchev–Trinajstić information content (AvgIpc) is 2.52. The number of carboxylic acid groups (broad SMARTS) is 1. The third kappa shape index (κ3) is 3.75. The molecular weight excluding hydrogens is 280 g/mol. The van der Waals surface area contributed by atoms with Crippen molar-refractivity contribution >= 4 is 11.8 Å². The van der Waals surface area contributed by atoms with Crippen LogP contribution in [0.5, 0.6) is 5.75 Å². The molecule has 0 saturated carbocycles. The first-order valence-electron chi connectivity index (χ1n) is 7.03. The van der Waals surface area contributed by atoms with Gasteiger partial charge in [-0.1, -0.05) is 12.1 Å². The van der Waals surface area contributed by atoms with Gasteiger partial charge >= 0.3 is 5.97 Å². The molecule has 0 amide bonds. The number of hydrogen-bond acceptors (Lipinski definition) is 4. The maximum Gasteiger partial charge on any atom is 0.303 e. The predicted molar refractivity (Wildman–Crippen MR) is 86.5 cm³/mol. The van der Waals surface area contributed by atoms with Crippen molar-refractivity contribution in [2.24, 2.45) is 0 Å². The number of rotatable bonds is 6. The van der Waals surface area contributed by atoms with E-state index in [-0.39, 0.29) is 6.42 Å². The quantitative estimate of drug-likeness (QED) is 0.889. The maximum atomic E-state index is 10.7. The monoisotopic (exact) mass is 300 g/mol. The van der Waals surface area contributed by atoms with Crippen molar-refractivity contribution < 1.29 is 14.6 Å². The number of ether oxygens (including phenoxy) is 1. The average molecular weight is 300 g/mol. The van der Waals surface area contributed by atoms with E-state index in [9.17, 15) is 4.79 Å². The van der Waals surface area contributed by atoms with Crippen molar-refractivity contribution in [3.8, 4) is 16.9 Å². The normalized spacial score (nSPS) is 10.3. The van der Waals surface area contributed by atoms with Crippen molar-refractivity contribution in [2.75, 3.05) is 26.1 Å². The third-order valence-corrected chi connectivity index (χ3v) is 3.43. The summed E-state index contributed by atoms with van der Waals surface area (Å²) < 4.78 is 5.40. The van der Waals surface area contributed by atoms with E-state index in [1.54, 1.807) is 13.3 Å². The van der Waals surface area contributed by atoms with Crippen molar-refractivity contribution in [1.82, 2.24) is 4.98 Å². The Morgan fingerprint density at radius 3 is 2.59 bits per heavy atom. The number of carboxylic acids is 1. The van der Waals surface area contributed by atoms with Gasteiger partial charge < -0.3 is 14.7 Å². The van der Waals surface area contributed by atoms with Crippen molar-refractivity contribution in [1.29, 1.82) is 0 Å². The number of methoxy groups -OCH3 is 1. The van der Waals surface area contributed by atoms with Gasteiger partial charge in [-0.2, -0.15) is 0 Å². The Kier molecular flexibility index (Phi) is 4.99. The Morgan fingerprint density at radius 1 is 1.23 bits per heavy atom.